The monoisotopic (exact) mass is 162 g/mol. The average Bonchev–Trinajstić information content (AvgIpc) is 2.04. The van der Waals surface area contributed by atoms with Gasteiger partial charge in [-0.25, -0.2) is 4.98 Å². The van der Waals surface area contributed by atoms with Gasteiger partial charge in [0.1, 0.15) is 18.8 Å². The number of hydrogen-bond donors (Lipinski definition) is 2. The van der Waals surface area contributed by atoms with Crippen molar-refractivity contribution in [2.45, 2.75) is 13.2 Å². The van der Waals surface area contributed by atoms with Gasteiger partial charge in [-0.2, -0.15) is 0 Å². The lowest BCUT2D eigenvalue weighted by atomic mass is 9.69. The van der Waals surface area contributed by atoms with E-state index < -0.39 is 0 Å². The molecule has 0 saturated carbocycles. The van der Waals surface area contributed by atoms with Crippen LogP contribution in [0.1, 0.15) is 11.3 Å². The normalized spacial score (nSPS) is 14.4. The smallest absolute Gasteiger partial charge is 0.149 e. The summed E-state index contributed by atoms with van der Waals surface area (Å²) in [7, 11) is 1.07. The highest BCUT2D eigenvalue weighted by Crippen LogP contribution is 2.26. The van der Waals surface area contributed by atoms with Crippen LogP contribution in [0.15, 0.2) is 6.07 Å². The van der Waals surface area contributed by atoms with Crippen molar-refractivity contribution in [3.63, 3.8) is 0 Å². The second kappa shape index (κ2) is 2.70. The molecule has 1 aromatic rings. The lowest BCUT2D eigenvalue weighted by Gasteiger charge is -2.17. The predicted molar refractivity (Wildman–Crippen MR) is 50.0 cm³/mol. The van der Waals surface area contributed by atoms with Gasteiger partial charge < -0.3 is 10.4 Å². The first kappa shape index (κ1) is 7.46. The maximum atomic E-state index is 9.56. The van der Waals surface area contributed by atoms with Gasteiger partial charge >= 0.3 is 0 Å². The van der Waals surface area contributed by atoms with Crippen molar-refractivity contribution in [2.24, 2.45) is 0 Å². The van der Waals surface area contributed by atoms with Crippen molar-refractivity contribution in [3.05, 3.63) is 17.3 Å². The summed E-state index contributed by atoms with van der Waals surface area (Å²) in [6.07, 6.45) is 1.89. The summed E-state index contributed by atoms with van der Waals surface area (Å²) in [5.41, 5.74) is 1.83. The number of nitrogens with zero attached hydrogens (tertiary/aromatic N) is 1. The van der Waals surface area contributed by atoms with E-state index in [9.17, 15) is 5.11 Å². The fourth-order valence-corrected chi connectivity index (χ4v) is 1.55. The number of rotatable bonds is 0. The molecule has 0 atom stereocenters. The van der Waals surface area contributed by atoms with Gasteiger partial charge in [0.2, 0.25) is 0 Å². The molecule has 0 radical (unpaired) electrons. The maximum absolute atomic E-state index is 9.56. The van der Waals surface area contributed by atoms with Gasteiger partial charge in [-0.3, -0.25) is 0 Å². The molecule has 4 heteroatoms. The third-order valence-electron chi connectivity index (χ3n) is 2.12. The first-order valence-corrected chi connectivity index (χ1v) is 4.21. The number of fused-ring (bicyclic) bond motifs is 1. The molecule has 0 aliphatic carbocycles. The Hall–Kier alpha value is -1.19. The van der Waals surface area contributed by atoms with Gasteiger partial charge in [0.25, 0.3) is 0 Å². The lowest BCUT2D eigenvalue weighted by molar-refractivity contribution is 0.469. The Bertz CT molecular complexity index is 314. The molecular weight excluding hydrogens is 151 g/mol. The van der Waals surface area contributed by atoms with Gasteiger partial charge in [-0.15, -0.1) is 0 Å². The Balaban J connectivity index is 2.53. The average molecular weight is 162 g/mol. The molecule has 0 fully saturated rings. The molecule has 0 unspecified atom stereocenters. The van der Waals surface area contributed by atoms with Crippen LogP contribution in [0.2, 0.25) is 0 Å². The zero-order valence-corrected chi connectivity index (χ0v) is 7.09. The number of nitrogens with one attached hydrogen (secondary N) is 1. The Morgan fingerprint density at radius 3 is 3.33 bits per heavy atom. The highest BCUT2D eigenvalue weighted by atomic mass is 16.3. The van der Waals surface area contributed by atoms with Crippen molar-refractivity contribution in [1.82, 2.24) is 4.98 Å². The number of hydrogen-bond acceptors (Lipinski definition) is 3. The molecule has 0 spiro atoms. The van der Waals surface area contributed by atoms with Crippen LogP contribution >= 0.6 is 0 Å². The quantitative estimate of drug-likeness (QED) is 0.543. The number of anilines is 1. The molecular formula is C8H11BN2O. The van der Waals surface area contributed by atoms with Crippen LogP contribution in [0.3, 0.4) is 0 Å². The van der Waals surface area contributed by atoms with E-state index in [1.54, 1.807) is 6.07 Å². The second-order valence-corrected chi connectivity index (χ2v) is 3.14. The van der Waals surface area contributed by atoms with Crippen LogP contribution < -0.4 is 5.32 Å². The molecule has 1 aliphatic rings. The number of aromatic hydroxyl groups is 1. The number of aryl methyl sites for hydroxylation is 1. The maximum Gasteiger partial charge on any atom is 0.149 e. The molecule has 1 aromatic heterocycles. The molecule has 12 heavy (non-hydrogen) atoms. The molecule has 1 aliphatic heterocycles. The SMILES string of the molecule is Cc1cc(O)c2c(n1)NCBC2. The zero-order valence-electron chi connectivity index (χ0n) is 7.09. The van der Waals surface area contributed by atoms with Crippen molar-refractivity contribution >= 4 is 13.1 Å². The first-order valence-electron chi connectivity index (χ1n) is 4.21. The van der Waals surface area contributed by atoms with E-state index >= 15 is 0 Å². The second-order valence-electron chi connectivity index (χ2n) is 3.14. The van der Waals surface area contributed by atoms with Gasteiger partial charge in [0, 0.05) is 17.3 Å². The first-order chi connectivity index (χ1) is 5.77. The summed E-state index contributed by atoms with van der Waals surface area (Å²) in [6, 6.07) is 1.71. The largest absolute Gasteiger partial charge is 0.507 e. The van der Waals surface area contributed by atoms with E-state index in [0.29, 0.717) is 5.75 Å². The fourth-order valence-electron chi connectivity index (χ4n) is 1.55. The summed E-state index contributed by atoms with van der Waals surface area (Å²) in [5.74, 6) is 1.24. The summed E-state index contributed by atoms with van der Waals surface area (Å²) in [4.78, 5) is 4.30. The molecule has 2 heterocycles. The van der Waals surface area contributed by atoms with Crippen LogP contribution in [0.25, 0.3) is 0 Å². The van der Waals surface area contributed by atoms with Crippen LogP contribution in [-0.4, -0.2) is 23.8 Å². The molecule has 2 N–H and O–H groups in total. The standard InChI is InChI=1S/C8H11BN2O/c1-5-2-7(12)6-3-9-4-10-8(6)11-5/h2,9H,3-4H2,1H3,(H2,10,11,12). The lowest BCUT2D eigenvalue weighted by Crippen LogP contribution is -2.21. The Morgan fingerprint density at radius 1 is 1.67 bits per heavy atom. The highest BCUT2D eigenvalue weighted by molar-refractivity contribution is 6.37. The summed E-state index contributed by atoms with van der Waals surface area (Å²) in [5, 5.41) is 12.7. The minimum absolute atomic E-state index is 0.379. The molecule has 3 nitrogen and oxygen atoms in total. The molecule has 0 bridgehead atoms. The molecule has 0 aromatic carbocycles. The fraction of sp³-hybridized carbons (Fsp3) is 0.375. The minimum atomic E-state index is 0.379. The Kier molecular flexibility index (Phi) is 1.68. The van der Waals surface area contributed by atoms with E-state index in [2.05, 4.69) is 10.3 Å². The molecule has 2 rings (SSSR count). The van der Waals surface area contributed by atoms with Gasteiger partial charge in [-0.1, -0.05) is 0 Å². The Morgan fingerprint density at radius 2 is 2.50 bits per heavy atom. The Labute approximate surface area is 72.1 Å². The van der Waals surface area contributed by atoms with Crippen molar-refractivity contribution < 1.29 is 5.11 Å². The zero-order chi connectivity index (χ0) is 8.55. The summed E-state index contributed by atoms with van der Waals surface area (Å²) < 4.78 is 0. The van der Waals surface area contributed by atoms with Crippen LogP contribution in [0.4, 0.5) is 5.82 Å². The van der Waals surface area contributed by atoms with E-state index in [0.717, 1.165) is 37.1 Å². The number of aromatic nitrogens is 1. The predicted octanol–water partition coefficient (Wildman–Crippen LogP) is 0.415. The topological polar surface area (TPSA) is 45.2 Å². The van der Waals surface area contributed by atoms with Crippen LogP contribution in [0, 0.1) is 6.92 Å². The number of pyridine rings is 1. The minimum Gasteiger partial charge on any atom is -0.507 e. The molecule has 0 saturated heterocycles. The van der Waals surface area contributed by atoms with E-state index in [-0.39, 0.29) is 0 Å². The van der Waals surface area contributed by atoms with E-state index in [1.807, 2.05) is 6.92 Å². The summed E-state index contributed by atoms with van der Waals surface area (Å²) in [6.45, 7) is 1.89. The van der Waals surface area contributed by atoms with Gasteiger partial charge in [-0.05, 0) is 19.7 Å². The highest BCUT2D eigenvalue weighted by Gasteiger charge is 2.14. The van der Waals surface area contributed by atoms with Crippen LogP contribution in [0.5, 0.6) is 5.75 Å². The van der Waals surface area contributed by atoms with Crippen molar-refractivity contribution in [2.75, 3.05) is 11.8 Å². The van der Waals surface area contributed by atoms with Crippen LogP contribution in [-0.2, 0) is 6.32 Å². The third kappa shape index (κ3) is 1.13. The third-order valence-corrected chi connectivity index (χ3v) is 2.12. The van der Waals surface area contributed by atoms with Gasteiger partial charge in [0.05, 0.1) is 0 Å². The van der Waals surface area contributed by atoms with Crippen molar-refractivity contribution in [3.8, 4) is 5.75 Å². The van der Waals surface area contributed by atoms with E-state index in [4.69, 9.17) is 0 Å². The molecule has 62 valence electrons. The van der Waals surface area contributed by atoms with E-state index in [1.165, 1.54) is 0 Å². The molecule has 0 amide bonds. The van der Waals surface area contributed by atoms with Gasteiger partial charge in [0.15, 0.2) is 0 Å². The summed E-state index contributed by atoms with van der Waals surface area (Å²) >= 11 is 0. The van der Waals surface area contributed by atoms with Crippen molar-refractivity contribution in [1.29, 1.82) is 0 Å².